The lowest BCUT2D eigenvalue weighted by Crippen LogP contribution is -2.27. The fraction of sp³-hybridized carbons (Fsp3) is 0.417. The monoisotopic (exact) mass is 205 g/mol. The Balaban J connectivity index is 1.97. The predicted molar refractivity (Wildman–Crippen MR) is 57.4 cm³/mol. The molecular weight excluding hydrogens is 190 g/mol. The van der Waals surface area contributed by atoms with E-state index < -0.39 is 0 Å². The molecule has 0 saturated heterocycles. The van der Waals surface area contributed by atoms with Gasteiger partial charge in [0.15, 0.2) is 0 Å². The molecule has 0 aliphatic heterocycles. The van der Waals surface area contributed by atoms with Crippen molar-refractivity contribution in [1.82, 2.24) is 5.32 Å². The van der Waals surface area contributed by atoms with Crippen molar-refractivity contribution in [3.05, 3.63) is 29.8 Å². The first kappa shape index (κ1) is 10.0. The molecule has 0 bridgehead atoms. The van der Waals surface area contributed by atoms with Crippen molar-refractivity contribution in [3.8, 4) is 5.75 Å². The molecule has 1 aliphatic carbocycles. The Morgan fingerprint density at radius 3 is 2.53 bits per heavy atom. The lowest BCUT2D eigenvalue weighted by atomic mass is 10.1. The van der Waals surface area contributed by atoms with Gasteiger partial charge in [-0.05, 0) is 37.5 Å². The largest absolute Gasteiger partial charge is 0.508 e. The molecule has 1 unspecified atom stereocenters. The summed E-state index contributed by atoms with van der Waals surface area (Å²) in [4.78, 5) is 11.5. The van der Waals surface area contributed by atoms with Gasteiger partial charge in [-0.15, -0.1) is 0 Å². The third-order valence-corrected chi connectivity index (χ3v) is 2.70. The summed E-state index contributed by atoms with van der Waals surface area (Å²) >= 11 is 0. The number of phenolic OH excluding ortho intramolecular Hbond substituents is 1. The van der Waals surface area contributed by atoms with Crippen molar-refractivity contribution in [2.24, 2.45) is 5.92 Å². The van der Waals surface area contributed by atoms with Crippen molar-refractivity contribution in [2.75, 3.05) is 0 Å². The fourth-order valence-corrected chi connectivity index (χ4v) is 1.52. The van der Waals surface area contributed by atoms with Crippen LogP contribution < -0.4 is 5.32 Å². The summed E-state index contributed by atoms with van der Waals surface area (Å²) in [6.07, 6.45) is 2.04. The van der Waals surface area contributed by atoms with Crippen LogP contribution in [0.15, 0.2) is 24.3 Å². The molecule has 1 aromatic carbocycles. The van der Waals surface area contributed by atoms with Crippen LogP contribution in [0.25, 0.3) is 0 Å². The van der Waals surface area contributed by atoms with Crippen LogP contribution in [0.5, 0.6) is 5.75 Å². The van der Waals surface area contributed by atoms with Crippen LogP contribution in [0, 0.1) is 5.92 Å². The van der Waals surface area contributed by atoms with E-state index in [2.05, 4.69) is 5.32 Å². The maximum atomic E-state index is 11.5. The molecule has 2 rings (SSSR count). The highest BCUT2D eigenvalue weighted by molar-refractivity contribution is 5.81. The van der Waals surface area contributed by atoms with Gasteiger partial charge in [0.2, 0.25) is 5.91 Å². The van der Waals surface area contributed by atoms with E-state index in [1.165, 1.54) is 0 Å². The number of benzene rings is 1. The van der Waals surface area contributed by atoms with Gasteiger partial charge in [0.25, 0.3) is 0 Å². The summed E-state index contributed by atoms with van der Waals surface area (Å²) in [5.41, 5.74) is 1.02. The number of phenols is 1. The van der Waals surface area contributed by atoms with E-state index in [1.807, 2.05) is 19.1 Å². The van der Waals surface area contributed by atoms with Gasteiger partial charge in [-0.3, -0.25) is 4.79 Å². The maximum absolute atomic E-state index is 11.5. The molecule has 80 valence electrons. The Labute approximate surface area is 89.1 Å². The third-order valence-electron chi connectivity index (χ3n) is 2.70. The average Bonchev–Trinajstić information content (AvgIpc) is 3.01. The van der Waals surface area contributed by atoms with Crippen molar-refractivity contribution < 1.29 is 9.90 Å². The highest BCUT2D eigenvalue weighted by Gasteiger charge is 2.30. The first-order valence-corrected chi connectivity index (χ1v) is 5.26. The summed E-state index contributed by atoms with van der Waals surface area (Å²) in [5, 5.41) is 12.1. The fourth-order valence-electron chi connectivity index (χ4n) is 1.52. The summed E-state index contributed by atoms with van der Waals surface area (Å²) < 4.78 is 0. The molecule has 0 spiro atoms. The van der Waals surface area contributed by atoms with E-state index in [9.17, 15) is 4.79 Å². The van der Waals surface area contributed by atoms with Crippen LogP contribution in [0.3, 0.4) is 0 Å². The maximum Gasteiger partial charge on any atom is 0.223 e. The topological polar surface area (TPSA) is 49.3 Å². The number of nitrogens with one attached hydrogen (secondary N) is 1. The van der Waals surface area contributed by atoms with Gasteiger partial charge in [0.05, 0.1) is 6.04 Å². The molecule has 3 nitrogen and oxygen atoms in total. The Hall–Kier alpha value is -1.51. The molecule has 0 heterocycles. The van der Waals surface area contributed by atoms with E-state index in [-0.39, 0.29) is 23.6 Å². The number of carbonyl (C=O) groups excluding carboxylic acids is 1. The average molecular weight is 205 g/mol. The second-order valence-corrected chi connectivity index (χ2v) is 4.10. The second-order valence-electron chi connectivity index (χ2n) is 4.10. The zero-order valence-electron chi connectivity index (χ0n) is 8.73. The first-order valence-electron chi connectivity index (χ1n) is 5.26. The highest BCUT2D eigenvalue weighted by Crippen LogP contribution is 2.29. The molecule has 3 heteroatoms. The standard InChI is InChI=1S/C12H15NO2/c1-8(13-12(15)10-2-3-10)9-4-6-11(14)7-5-9/h4-8,10,14H,2-3H2,1H3,(H,13,15). The predicted octanol–water partition coefficient (Wildman–Crippen LogP) is 1.98. The highest BCUT2D eigenvalue weighted by atomic mass is 16.3. The van der Waals surface area contributed by atoms with Crippen molar-refractivity contribution in [3.63, 3.8) is 0 Å². The Morgan fingerprint density at radius 1 is 1.40 bits per heavy atom. The second kappa shape index (κ2) is 3.93. The Morgan fingerprint density at radius 2 is 2.00 bits per heavy atom. The minimum atomic E-state index is 0.0127. The Kier molecular flexibility index (Phi) is 2.62. The molecule has 1 aliphatic rings. The number of amides is 1. The van der Waals surface area contributed by atoms with Crippen LogP contribution in [0.1, 0.15) is 31.4 Å². The summed E-state index contributed by atoms with van der Waals surface area (Å²) in [7, 11) is 0. The lowest BCUT2D eigenvalue weighted by Gasteiger charge is -2.13. The SMILES string of the molecule is CC(NC(=O)C1CC1)c1ccc(O)cc1. The lowest BCUT2D eigenvalue weighted by molar-refractivity contribution is -0.122. The van der Waals surface area contributed by atoms with Crippen LogP contribution in [-0.2, 0) is 4.79 Å². The molecule has 1 aromatic rings. The zero-order chi connectivity index (χ0) is 10.8. The van der Waals surface area contributed by atoms with Gasteiger partial charge < -0.3 is 10.4 Å². The smallest absolute Gasteiger partial charge is 0.223 e. The molecule has 0 radical (unpaired) electrons. The van der Waals surface area contributed by atoms with Crippen LogP contribution in [0.2, 0.25) is 0 Å². The number of rotatable bonds is 3. The minimum absolute atomic E-state index is 0.0127. The van der Waals surface area contributed by atoms with Gasteiger partial charge >= 0.3 is 0 Å². The van der Waals surface area contributed by atoms with Crippen LogP contribution in [-0.4, -0.2) is 11.0 Å². The first-order chi connectivity index (χ1) is 7.16. The molecule has 1 atom stereocenters. The number of carbonyl (C=O) groups is 1. The van der Waals surface area contributed by atoms with Crippen LogP contribution >= 0.6 is 0 Å². The summed E-state index contributed by atoms with van der Waals surface area (Å²) in [6, 6.07) is 6.93. The zero-order valence-corrected chi connectivity index (χ0v) is 8.73. The van der Waals surface area contributed by atoms with Gasteiger partial charge in [-0.2, -0.15) is 0 Å². The van der Waals surface area contributed by atoms with Crippen molar-refractivity contribution >= 4 is 5.91 Å². The van der Waals surface area contributed by atoms with Gasteiger partial charge in [-0.25, -0.2) is 0 Å². The summed E-state index contributed by atoms with van der Waals surface area (Å²) in [5.74, 6) is 0.639. The van der Waals surface area contributed by atoms with Crippen molar-refractivity contribution in [1.29, 1.82) is 0 Å². The normalized spacial score (nSPS) is 17.1. The Bertz CT molecular complexity index is 354. The van der Waals surface area contributed by atoms with Gasteiger partial charge in [0, 0.05) is 5.92 Å². The van der Waals surface area contributed by atoms with Crippen LogP contribution in [0.4, 0.5) is 0 Å². The number of hydrogen-bond acceptors (Lipinski definition) is 2. The molecule has 2 N–H and O–H groups in total. The van der Waals surface area contributed by atoms with Gasteiger partial charge in [0.1, 0.15) is 5.75 Å². The third kappa shape index (κ3) is 2.49. The minimum Gasteiger partial charge on any atom is -0.508 e. The number of aromatic hydroxyl groups is 1. The number of hydrogen-bond donors (Lipinski definition) is 2. The van der Waals surface area contributed by atoms with Gasteiger partial charge in [-0.1, -0.05) is 12.1 Å². The molecule has 1 fully saturated rings. The molecular formula is C12H15NO2. The van der Waals surface area contributed by atoms with E-state index in [1.54, 1.807) is 12.1 Å². The van der Waals surface area contributed by atoms with Crippen molar-refractivity contribution in [2.45, 2.75) is 25.8 Å². The van der Waals surface area contributed by atoms with E-state index in [0.29, 0.717) is 0 Å². The van der Waals surface area contributed by atoms with E-state index >= 15 is 0 Å². The quantitative estimate of drug-likeness (QED) is 0.792. The van der Waals surface area contributed by atoms with E-state index in [4.69, 9.17) is 5.11 Å². The molecule has 1 saturated carbocycles. The summed E-state index contributed by atoms with van der Waals surface area (Å²) in [6.45, 7) is 1.95. The van der Waals surface area contributed by atoms with E-state index in [0.717, 1.165) is 18.4 Å². The molecule has 0 aromatic heterocycles. The molecule has 15 heavy (non-hydrogen) atoms. The molecule has 1 amide bonds.